The minimum absolute atomic E-state index is 0.0824. The molecule has 0 aromatic carbocycles. The Bertz CT molecular complexity index is 676. The molecule has 0 radical (unpaired) electrons. The molecule has 0 fully saturated rings. The molecule has 110 valence electrons. The van der Waals surface area contributed by atoms with Crippen molar-refractivity contribution in [3.05, 3.63) is 40.9 Å². The Hall–Kier alpha value is -2.18. The number of carboxylic acid groups (broad SMARTS) is 1. The van der Waals surface area contributed by atoms with Crippen molar-refractivity contribution in [2.45, 2.75) is 6.61 Å². The number of aromatic nitrogens is 2. The number of ether oxygens (including phenoxy) is 2. The summed E-state index contributed by atoms with van der Waals surface area (Å²) in [5.74, 6) is -0.712. The van der Waals surface area contributed by atoms with E-state index in [1.54, 1.807) is 18.3 Å². The minimum atomic E-state index is -1.16. The molecule has 6 nitrogen and oxygen atoms in total. The van der Waals surface area contributed by atoms with E-state index in [9.17, 15) is 9.90 Å². The van der Waals surface area contributed by atoms with E-state index in [4.69, 9.17) is 21.1 Å². The van der Waals surface area contributed by atoms with Crippen molar-refractivity contribution in [3.63, 3.8) is 0 Å². The lowest BCUT2D eigenvalue weighted by Crippen LogP contribution is -2.06. The van der Waals surface area contributed by atoms with E-state index in [0.717, 1.165) is 0 Å². The van der Waals surface area contributed by atoms with Crippen LogP contribution in [0.25, 0.3) is 11.1 Å². The van der Waals surface area contributed by atoms with Crippen LogP contribution >= 0.6 is 11.6 Å². The van der Waals surface area contributed by atoms with Crippen molar-refractivity contribution in [2.24, 2.45) is 0 Å². The Morgan fingerprint density at radius 3 is 2.76 bits per heavy atom. The number of methoxy groups -OCH3 is 2. The molecular weight excluding hydrogens is 296 g/mol. The lowest BCUT2D eigenvalue weighted by Gasteiger charge is -2.13. The van der Waals surface area contributed by atoms with Gasteiger partial charge >= 0.3 is 5.97 Å². The van der Waals surface area contributed by atoms with Crippen LogP contribution in [0.5, 0.6) is 5.75 Å². The van der Waals surface area contributed by atoms with E-state index >= 15 is 0 Å². The average molecular weight is 309 g/mol. The Balaban J connectivity index is 2.72. The maximum atomic E-state index is 11.5. The van der Waals surface area contributed by atoms with Crippen LogP contribution in [0.2, 0.25) is 5.15 Å². The molecule has 7 heteroatoms. The van der Waals surface area contributed by atoms with Gasteiger partial charge in [-0.25, -0.2) is 9.78 Å². The van der Waals surface area contributed by atoms with Gasteiger partial charge in [0, 0.05) is 24.4 Å². The van der Waals surface area contributed by atoms with Crippen molar-refractivity contribution >= 4 is 17.6 Å². The van der Waals surface area contributed by atoms with Crippen LogP contribution in [-0.4, -0.2) is 35.3 Å². The van der Waals surface area contributed by atoms with Crippen molar-refractivity contribution in [3.8, 4) is 16.9 Å². The molecule has 21 heavy (non-hydrogen) atoms. The summed E-state index contributed by atoms with van der Waals surface area (Å²) in [6, 6.07) is 3.28. The molecule has 0 atom stereocenters. The largest absolute Gasteiger partial charge is 0.494 e. The fourth-order valence-corrected chi connectivity index (χ4v) is 2.26. The van der Waals surface area contributed by atoms with Gasteiger partial charge < -0.3 is 14.6 Å². The van der Waals surface area contributed by atoms with Crippen molar-refractivity contribution in [1.82, 2.24) is 9.97 Å². The monoisotopic (exact) mass is 308 g/mol. The highest BCUT2D eigenvalue weighted by Crippen LogP contribution is 2.34. The van der Waals surface area contributed by atoms with Crippen molar-refractivity contribution in [2.75, 3.05) is 14.2 Å². The first-order chi connectivity index (χ1) is 10.1. The highest BCUT2D eigenvalue weighted by Gasteiger charge is 2.21. The summed E-state index contributed by atoms with van der Waals surface area (Å²) in [5.41, 5.74) is 1.43. The summed E-state index contributed by atoms with van der Waals surface area (Å²) in [6.07, 6.45) is 3.05. The summed E-state index contributed by atoms with van der Waals surface area (Å²) in [7, 11) is 3.01. The molecule has 0 aliphatic carbocycles. The molecule has 0 unspecified atom stereocenters. The number of rotatable bonds is 5. The molecule has 2 heterocycles. The fourth-order valence-electron chi connectivity index (χ4n) is 1.97. The number of carbonyl (C=O) groups is 1. The first-order valence-electron chi connectivity index (χ1n) is 5.98. The number of nitrogens with zero attached hydrogens (tertiary/aromatic N) is 2. The van der Waals surface area contributed by atoms with Crippen LogP contribution in [0.1, 0.15) is 16.1 Å². The summed E-state index contributed by atoms with van der Waals surface area (Å²) >= 11 is 6.01. The van der Waals surface area contributed by atoms with E-state index < -0.39 is 5.97 Å². The van der Waals surface area contributed by atoms with Gasteiger partial charge in [-0.2, -0.15) is 0 Å². The maximum Gasteiger partial charge on any atom is 0.339 e. The molecule has 2 rings (SSSR count). The lowest BCUT2D eigenvalue weighted by atomic mass is 10.0. The number of pyridine rings is 2. The molecule has 0 amide bonds. The SMILES string of the molecule is COCc1cc(-c2ccncc2OC)c(C(=O)O)c(Cl)n1. The molecule has 2 aromatic rings. The van der Waals surface area contributed by atoms with E-state index in [2.05, 4.69) is 9.97 Å². The number of halogens is 1. The van der Waals surface area contributed by atoms with Crippen LogP contribution < -0.4 is 4.74 Å². The van der Waals surface area contributed by atoms with Gasteiger partial charge in [-0.3, -0.25) is 4.98 Å². The Labute approximate surface area is 126 Å². The molecule has 2 aromatic heterocycles. The van der Waals surface area contributed by atoms with Crippen LogP contribution in [-0.2, 0) is 11.3 Å². The predicted octanol–water partition coefficient (Wildman–Crippen LogP) is 2.65. The second-order valence-electron chi connectivity index (χ2n) is 4.14. The van der Waals surface area contributed by atoms with Gasteiger partial charge in [0.1, 0.15) is 16.5 Å². The number of hydrogen-bond donors (Lipinski definition) is 1. The van der Waals surface area contributed by atoms with Gasteiger partial charge in [0.25, 0.3) is 0 Å². The minimum Gasteiger partial charge on any atom is -0.494 e. The molecular formula is C14H13ClN2O4. The molecule has 0 aliphatic rings. The standard InChI is InChI=1S/C14H13ClN2O4/c1-20-7-8-5-10(12(14(18)19)13(15)17-8)9-3-4-16-6-11(9)21-2/h3-6H,7H2,1-2H3,(H,18,19). The molecule has 1 N–H and O–H groups in total. The second kappa shape index (κ2) is 6.51. The van der Waals surface area contributed by atoms with Gasteiger partial charge in [0.15, 0.2) is 0 Å². The van der Waals surface area contributed by atoms with Crippen LogP contribution in [0.4, 0.5) is 0 Å². The van der Waals surface area contributed by atoms with Gasteiger partial charge in [-0.1, -0.05) is 11.6 Å². The normalized spacial score (nSPS) is 10.4. The summed E-state index contributed by atoms with van der Waals surface area (Å²) in [6.45, 7) is 0.222. The van der Waals surface area contributed by atoms with Crippen LogP contribution in [0.3, 0.4) is 0 Å². The molecule has 0 aliphatic heterocycles. The Morgan fingerprint density at radius 1 is 1.38 bits per heavy atom. The Kier molecular flexibility index (Phi) is 4.72. The zero-order valence-corrected chi connectivity index (χ0v) is 12.2. The van der Waals surface area contributed by atoms with Gasteiger partial charge in [0.05, 0.1) is 25.6 Å². The van der Waals surface area contributed by atoms with Gasteiger partial charge in [-0.15, -0.1) is 0 Å². The first kappa shape index (κ1) is 15.2. The maximum absolute atomic E-state index is 11.5. The van der Waals surface area contributed by atoms with Crippen LogP contribution in [0.15, 0.2) is 24.5 Å². The lowest BCUT2D eigenvalue weighted by molar-refractivity contribution is 0.0697. The topological polar surface area (TPSA) is 81.5 Å². The Morgan fingerprint density at radius 2 is 2.14 bits per heavy atom. The zero-order valence-electron chi connectivity index (χ0n) is 11.5. The smallest absolute Gasteiger partial charge is 0.339 e. The number of carboxylic acids is 1. The fraction of sp³-hybridized carbons (Fsp3) is 0.214. The number of hydrogen-bond acceptors (Lipinski definition) is 5. The van der Waals surface area contributed by atoms with E-state index in [1.165, 1.54) is 20.4 Å². The highest BCUT2D eigenvalue weighted by molar-refractivity contribution is 6.33. The third-order valence-electron chi connectivity index (χ3n) is 2.83. The molecule has 0 saturated heterocycles. The third kappa shape index (κ3) is 3.12. The van der Waals surface area contributed by atoms with E-state index in [-0.39, 0.29) is 17.3 Å². The van der Waals surface area contributed by atoms with E-state index in [0.29, 0.717) is 22.6 Å². The average Bonchev–Trinajstić information content (AvgIpc) is 2.46. The quantitative estimate of drug-likeness (QED) is 0.855. The van der Waals surface area contributed by atoms with Gasteiger partial charge in [-0.05, 0) is 12.1 Å². The van der Waals surface area contributed by atoms with Gasteiger partial charge in [0.2, 0.25) is 0 Å². The number of aromatic carboxylic acids is 1. The zero-order chi connectivity index (χ0) is 15.4. The first-order valence-corrected chi connectivity index (χ1v) is 6.36. The summed E-state index contributed by atoms with van der Waals surface area (Å²) in [4.78, 5) is 19.5. The van der Waals surface area contributed by atoms with Crippen molar-refractivity contribution in [1.29, 1.82) is 0 Å². The second-order valence-corrected chi connectivity index (χ2v) is 4.50. The van der Waals surface area contributed by atoms with E-state index in [1.807, 2.05) is 0 Å². The van der Waals surface area contributed by atoms with Crippen molar-refractivity contribution < 1.29 is 19.4 Å². The molecule has 0 spiro atoms. The van der Waals surface area contributed by atoms with Crippen LogP contribution in [0, 0.1) is 0 Å². The highest BCUT2D eigenvalue weighted by atomic mass is 35.5. The summed E-state index contributed by atoms with van der Waals surface area (Å²) < 4.78 is 10.2. The predicted molar refractivity (Wildman–Crippen MR) is 76.7 cm³/mol. The molecule has 0 bridgehead atoms. The summed E-state index contributed by atoms with van der Waals surface area (Å²) in [5, 5.41) is 9.29. The molecule has 0 saturated carbocycles. The third-order valence-corrected chi connectivity index (χ3v) is 3.10.